The molecule has 3 rings (SSSR count). The zero-order valence-electron chi connectivity index (χ0n) is 16.6. The summed E-state index contributed by atoms with van der Waals surface area (Å²) in [5, 5.41) is 5.92. The Morgan fingerprint density at radius 3 is 2.70 bits per heavy atom. The number of amides is 2. The number of carbonyl (C=O) groups excluding carboxylic acids is 2. The third kappa shape index (κ3) is 4.04. The number of nitrogens with one attached hydrogen (secondary N) is 2. The minimum Gasteiger partial charge on any atom is -0.348 e. The van der Waals surface area contributed by atoms with Crippen LogP contribution in [-0.2, 0) is 13.0 Å². The highest BCUT2D eigenvalue weighted by Crippen LogP contribution is 2.23. The molecule has 1 aliphatic rings. The zero-order chi connectivity index (χ0) is 19.6. The largest absolute Gasteiger partial charge is 0.348 e. The van der Waals surface area contributed by atoms with E-state index in [1.165, 1.54) is 0 Å². The Balaban J connectivity index is 1.90. The minimum atomic E-state index is -0.271. The van der Waals surface area contributed by atoms with Crippen molar-refractivity contribution >= 4 is 17.5 Å². The molecule has 0 saturated carbocycles. The summed E-state index contributed by atoms with van der Waals surface area (Å²) in [7, 11) is 0. The van der Waals surface area contributed by atoms with Crippen molar-refractivity contribution in [3.05, 3.63) is 46.5 Å². The molecule has 1 aromatic carbocycles. The second-order valence-electron chi connectivity index (χ2n) is 7.39. The summed E-state index contributed by atoms with van der Waals surface area (Å²) in [6, 6.07) is 5.97. The minimum absolute atomic E-state index is 0.0749. The molecule has 1 aliphatic heterocycles. The number of hydrogen-bond donors (Lipinski definition) is 2. The van der Waals surface area contributed by atoms with Crippen LogP contribution in [0.1, 0.15) is 71.0 Å². The average molecular weight is 368 g/mol. The molecule has 6 heteroatoms. The number of aryl methyl sites for hydroxylation is 2. The van der Waals surface area contributed by atoms with Crippen LogP contribution in [0.25, 0.3) is 0 Å². The Morgan fingerprint density at radius 2 is 2.00 bits per heavy atom. The van der Waals surface area contributed by atoms with Crippen LogP contribution in [0.3, 0.4) is 0 Å². The normalized spacial score (nSPS) is 14.4. The van der Waals surface area contributed by atoms with Crippen LogP contribution in [-0.4, -0.2) is 27.4 Å². The highest BCUT2D eigenvalue weighted by atomic mass is 16.2. The molecule has 2 N–H and O–H groups in total. The SMILES string of the molecule is CCC(C)NC(=O)c1nc(C(=O)Nc2ccc(C)cc2C)n2c1CCCC2. The van der Waals surface area contributed by atoms with Gasteiger partial charge in [-0.3, -0.25) is 9.59 Å². The van der Waals surface area contributed by atoms with E-state index < -0.39 is 0 Å². The summed E-state index contributed by atoms with van der Waals surface area (Å²) < 4.78 is 1.91. The summed E-state index contributed by atoms with van der Waals surface area (Å²) in [4.78, 5) is 30.0. The predicted octanol–water partition coefficient (Wildman–Crippen LogP) is 3.62. The first-order valence-corrected chi connectivity index (χ1v) is 9.69. The molecule has 0 saturated heterocycles. The highest BCUT2D eigenvalue weighted by molar-refractivity contribution is 6.04. The number of hydrogen-bond acceptors (Lipinski definition) is 3. The first-order chi connectivity index (χ1) is 12.9. The lowest BCUT2D eigenvalue weighted by molar-refractivity contribution is 0.0933. The molecular formula is C21H28N4O2. The summed E-state index contributed by atoms with van der Waals surface area (Å²) in [5.74, 6) is -0.146. The Hall–Kier alpha value is -2.63. The van der Waals surface area contributed by atoms with Gasteiger partial charge in [0.1, 0.15) is 5.69 Å². The van der Waals surface area contributed by atoms with Crippen LogP contribution in [0.4, 0.5) is 5.69 Å². The van der Waals surface area contributed by atoms with Crippen molar-refractivity contribution in [2.45, 2.75) is 66.0 Å². The smallest absolute Gasteiger partial charge is 0.291 e. The van der Waals surface area contributed by atoms with Crippen molar-refractivity contribution in [1.29, 1.82) is 0 Å². The lowest BCUT2D eigenvalue weighted by Gasteiger charge is -2.17. The lowest BCUT2D eigenvalue weighted by atomic mass is 10.1. The van der Waals surface area contributed by atoms with Gasteiger partial charge in [0.2, 0.25) is 0 Å². The fourth-order valence-corrected chi connectivity index (χ4v) is 3.42. The van der Waals surface area contributed by atoms with Gasteiger partial charge >= 0.3 is 0 Å². The van der Waals surface area contributed by atoms with Crippen LogP contribution in [0.15, 0.2) is 18.2 Å². The molecule has 0 bridgehead atoms. The van der Waals surface area contributed by atoms with E-state index in [4.69, 9.17) is 0 Å². The number of nitrogens with zero attached hydrogens (tertiary/aromatic N) is 2. The number of benzene rings is 1. The molecular weight excluding hydrogens is 340 g/mol. The summed E-state index contributed by atoms with van der Waals surface area (Å²) in [5.41, 5.74) is 4.18. The molecule has 2 amide bonds. The van der Waals surface area contributed by atoms with Gasteiger partial charge in [0, 0.05) is 18.3 Å². The maximum Gasteiger partial charge on any atom is 0.291 e. The molecule has 0 radical (unpaired) electrons. The maximum absolute atomic E-state index is 12.9. The summed E-state index contributed by atoms with van der Waals surface area (Å²) in [6.45, 7) is 8.69. The van der Waals surface area contributed by atoms with E-state index >= 15 is 0 Å². The van der Waals surface area contributed by atoms with Crippen molar-refractivity contribution in [2.24, 2.45) is 0 Å². The standard InChI is InChI=1S/C21H28N4O2/c1-5-15(4)22-20(26)18-17-8-6-7-11-25(17)19(24-18)21(27)23-16-10-9-13(2)12-14(16)3/h9-10,12,15H,5-8,11H2,1-4H3,(H,22,26)(H,23,27). The van der Waals surface area contributed by atoms with Gasteiger partial charge in [0.15, 0.2) is 5.82 Å². The van der Waals surface area contributed by atoms with Gasteiger partial charge in [-0.25, -0.2) is 4.98 Å². The third-order valence-corrected chi connectivity index (χ3v) is 5.16. The van der Waals surface area contributed by atoms with Gasteiger partial charge in [0.05, 0.1) is 5.69 Å². The van der Waals surface area contributed by atoms with E-state index in [1.807, 2.05) is 50.5 Å². The Morgan fingerprint density at radius 1 is 1.22 bits per heavy atom. The number of aromatic nitrogens is 2. The van der Waals surface area contributed by atoms with Gasteiger partial charge in [-0.1, -0.05) is 24.6 Å². The molecule has 2 heterocycles. The fraction of sp³-hybridized carbons (Fsp3) is 0.476. The molecule has 1 aromatic heterocycles. The number of fused-ring (bicyclic) bond motifs is 1. The summed E-state index contributed by atoms with van der Waals surface area (Å²) in [6.07, 6.45) is 3.61. The fourth-order valence-electron chi connectivity index (χ4n) is 3.42. The van der Waals surface area contributed by atoms with Crippen molar-refractivity contribution in [3.63, 3.8) is 0 Å². The predicted molar refractivity (Wildman–Crippen MR) is 106 cm³/mol. The maximum atomic E-state index is 12.9. The van der Waals surface area contributed by atoms with E-state index in [0.717, 1.165) is 48.2 Å². The lowest BCUT2D eigenvalue weighted by Crippen LogP contribution is -2.33. The first kappa shape index (κ1) is 19.1. The van der Waals surface area contributed by atoms with Gasteiger partial charge in [-0.05, 0) is 58.1 Å². The van der Waals surface area contributed by atoms with Crippen molar-refractivity contribution in [1.82, 2.24) is 14.9 Å². The van der Waals surface area contributed by atoms with E-state index in [1.54, 1.807) is 0 Å². The molecule has 0 spiro atoms. The second kappa shape index (κ2) is 7.94. The van der Waals surface area contributed by atoms with E-state index in [9.17, 15) is 9.59 Å². The van der Waals surface area contributed by atoms with Crippen molar-refractivity contribution < 1.29 is 9.59 Å². The van der Waals surface area contributed by atoms with Gasteiger partial charge in [0.25, 0.3) is 11.8 Å². The number of rotatable bonds is 5. The Kier molecular flexibility index (Phi) is 5.63. The molecule has 6 nitrogen and oxygen atoms in total. The quantitative estimate of drug-likeness (QED) is 0.846. The zero-order valence-corrected chi connectivity index (χ0v) is 16.6. The average Bonchev–Trinajstić information content (AvgIpc) is 3.04. The van der Waals surface area contributed by atoms with Gasteiger partial charge in [-0.15, -0.1) is 0 Å². The van der Waals surface area contributed by atoms with E-state index in [2.05, 4.69) is 15.6 Å². The molecule has 0 aliphatic carbocycles. The molecule has 144 valence electrons. The molecule has 1 atom stereocenters. The number of anilines is 1. The van der Waals surface area contributed by atoms with Crippen LogP contribution >= 0.6 is 0 Å². The molecule has 1 unspecified atom stereocenters. The van der Waals surface area contributed by atoms with Crippen molar-refractivity contribution in [3.8, 4) is 0 Å². The van der Waals surface area contributed by atoms with Crippen LogP contribution in [0.2, 0.25) is 0 Å². The molecule has 0 fully saturated rings. The molecule has 27 heavy (non-hydrogen) atoms. The summed E-state index contributed by atoms with van der Waals surface area (Å²) >= 11 is 0. The highest BCUT2D eigenvalue weighted by Gasteiger charge is 2.28. The molecule has 2 aromatic rings. The third-order valence-electron chi connectivity index (χ3n) is 5.16. The van der Waals surface area contributed by atoms with Crippen LogP contribution < -0.4 is 10.6 Å². The van der Waals surface area contributed by atoms with E-state index in [0.29, 0.717) is 18.1 Å². The second-order valence-corrected chi connectivity index (χ2v) is 7.39. The number of imidazole rings is 1. The number of carbonyl (C=O) groups is 2. The van der Waals surface area contributed by atoms with Gasteiger partial charge < -0.3 is 15.2 Å². The monoisotopic (exact) mass is 368 g/mol. The van der Waals surface area contributed by atoms with Gasteiger partial charge in [-0.2, -0.15) is 0 Å². The Bertz CT molecular complexity index is 869. The first-order valence-electron chi connectivity index (χ1n) is 9.69. The topological polar surface area (TPSA) is 76.0 Å². The Labute approximate surface area is 160 Å². The van der Waals surface area contributed by atoms with Crippen molar-refractivity contribution in [2.75, 3.05) is 5.32 Å². The van der Waals surface area contributed by atoms with Crippen LogP contribution in [0, 0.1) is 13.8 Å². The van der Waals surface area contributed by atoms with Crippen LogP contribution in [0.5, 0.6) is 0 Å². The van der Waals surface area contributed by atoms with E-state index in [-0.39, 0.29) is 17.9 Å².